The summed E-state index contributed by atoms with van der Waals surface area (Å²) in [6, 6.07) is 9.97. The van der Waals surface area contributed by atoms with Crippen molar-refractivity contribution in [1.82, 2.24) is 4.90 Å². The van der Waals surface area contributed by atoms with Gasteiger partial charge in [0.1, 0.15) is 0 Å². The zero-order chi connectivity index (χ0) is 17.5. The summed E-state index contributed by atoms with van der Waals surface area (Å²) >= 11 is 0. The molecule has 3 saturated heterocycles. The van der Waals surface area contributed by atoms with E-state index >= 15 is 0 Å². The quantitative estimate of drug-likeness (QED) is 0.827. The molecule has 1 amide bonds. The topological polar surface area (TPSA) is 42.0 Å². The first-order chi connectivity index (χ1) is 12.0. The van der Waals surface area contributed by atoms with Crippen LogP contribution in [0.3, 0.4) is 0 Å². The lowest BCUT2D eigenvalue weighted by Crippen LogP contribution is -2.56. The van der Waals surface area contributed by atoms with E-state index < -0.39 is 5.79 Å². The van der Waals surface area contributed by atoms with Gasteiger partial charge < -0.3 is 14.4 Å². The van der Waals surface area contributed by atoms with Crippen molar-refractivity contribution in [2.45, 2.75) is 44.9 Å². The zero-order valence-electron chi connectivity index (χ0n) is 15.2. The number of carbonyl (C=O) groups is 1. The van der Waals surface area contributed by atoms with E-state index in [0.29, 0.717) is 0 Å². The molecular weight excluding hydrogens is 316 g/mol. The third-order valence-corrected chi connectivity index (χ3v) is 5.70. The Bertz CT molecular complexity index is 611. The first kappa shape index (κ1) is 17.0. The molecule has 0 aliphatic carbocycles. The van der Waals surface area contributed by atoms with Crippen molar-refractivity contribution < 1.29 is 14.3 Å². The molecule has 0 radical (unpaired) electrons. The molecule has 0 aromatic heterocycles. The maximum Gasteiger partial charge on any atom is 0.244 e. The summed E-state index contributed by atoms with van der Waals surface area (Å²) in [5, 5.41) is 0. The van der Waals surface area contributed by atoms with Crippen LogP contribution in [-0.4, -0.2) is 55.5 Å². The van der Waals surface area contributed by atoms with Crippen LogP contribution in [0.15, 0.2) is 30.3 Å². The smallest absolute Gasteiger partial charge is 0.244 e. The third kappa shape index (κ3) is 3.33. The maximum atomic E-state index is 12.9. The van der Waals surface area contributed by atoms with Crippen molar-refractivity contribution in [2.24, 2.45) is 5.41 Å². The number of hydrogen-bond donors (Lipinski definition) is 0. The average molecular weight is 344 g/mol. The minimum Gasteiger partial charge on any atom is -0.349 e. The Kier molecular flexibility index (Phi) is 4.34. The fourth-order valence-corrected chi connectivity index (χ4v) is 4.07. The van der Waals surface area contributed by atoms with Gasteiger partial charge in [-0.1, -0.05) is 32.0 Å². The Morgan fingerprint density at radius 2 is 1.64 bits per heavy atom. The first-order valence-corrected chi connectivity index (χ1v) is 9.37. The predicted molar refractivity (Wildman–Crippen MR) is 96.4 cm³/mol. The summed E-state index contributed by atoms with van der Waals surface area (Å²) < 4.78 is 12.2. The summed E-state index contributed by atoms with van der Waals surface area (Å²) in [5.74, 6) is -0.193. The summed E-state index contributed by atoms with van der Waals surface area (Å²) in [6.45, 7) is 8.36. The summed E-state index contributed by atoms with van der Waals surface area (Å²) in [4.78, 5) is 17.1. The number of ether oxygens (including phenoxy) is 2. The number of hydrogen-bond acceptors (Lipinski definition) is 4. The third-order valence-electron chi connectivity index (χ3n) is 5.70. The molecule has 5 nitrogen and oxygen atoms in total. The SMILES string of the molecule is CC1(C)COC2(CCN(C3CCN(c4ccccc4)C3=O)CC2)OC1. The molecule has 1 unspecified atom stereocenters. The maximum absolute atomic E-state index is 12.9. The molecule has 3 heterocycles. The number of anilines is 1. The monoisotopic (exact) mass is 344 g/mol. The van der Waals surface area contributed by atoms with Gasteiger partial charge >= 0.3 is 0 Å². The van der Waals surface area contributed by atoms with Gasteiger partial charge in [0, 0.05) is 43.6 Å². The highest BCUT2D eigenvalue weighted by Gasteiger charge is 2.46. The highest BCUT2D eigenvalue weighted by Crippen LogP contribution is 2.37. The number of benzene rings is 1. The van der Waals surface area contributed by atoms with E-state index in [1.807, 2.05) is 35.2 Å². The highest BCUT2D eigenvalue weighted by molar-refractivity contribution is 5.99. The van der Waals surface area contributed by atoms with Crippen molar-refractivity contribution >= 4 is 11.6 Å². The molecular formula is C20H28N2O3. The van der Waals surface area contributed by atoms with E-state index in [9.17, 15) is 4.79 Å². The summed E-state index contributed by atoms with van der Waals surface area (Å²) in [5.41, 5.74) is 1.10. The minimum absolute atomic E-state index is 0.00223. The van der Waals surface area contributed by atoms with Gasteiger partial charge in [-0.2, -0.15) is 0 Å². The van der Waals surface area contributed by atoms with Gasteiger partial charge in [0.2, 0.25) is 5.91 Å². The van der Waals surface area contributed by atoms with Crippen molar-refractivity contribution in [1.29, 1.82) is 0 Å². The average Bonchev–Trinajstić information content (AvgIpc) is 3.01. The summed E-state index contributed by atoms with van der Waals surface area (Å²) in [6.07, 6.45) is 2.59. The molecule has 4 rings (SSSR count). The molecule has 25 heavy (non-hydrogen) atoms. The van der Waals surface area contributed by atoms with Gasteiger partial charge in [0.15, 0.2) is 5.79 Å². The standard InChI is InChI=1S/C20H28N2O3/c1-19(2)14-24-20(25-15-19)9-12-21(13-10-20)17-8-11-22(18(17)23)16-6-4-3-5-7-16/h3-7,17H,8-15H2,1-2H3. The molecule has 3 aliphatic rings. The second kappa shape index (κ2) is 6.38. The van der Waals surface area contributed by atoms with E-state index in [-0.39, 0.29) is 17.4 Å². The van der Waals surface area contributed by atoms with Crippen LogP contribution in [-0.2, 0) is 14.3 Å². The van der Waals surface area contributed by atoms with Crippen molar-refractivity contribution in [3.8, 4) is 0 Å². The number of nitrogens with zero attached hydrogens (tertiary/aromatic N) is 2. The van der Waals surface area contributed by atoms with Gasteiger partial charge in [-0.15, -0.1) is 0 Å². The number of para-hydroxylation sites is 1. The van der Waals surface area contributed by atoms with Crippen LogP contribution >= 0.6 is 0 Å². The zero-order valence-corrected chi connectivity index (χ0v) is 15.2. The molecule has 0 bridgehead atoms. The van der Waals surface area contributed by atoms with Crippen LogP contribution in [0.1, 0.15) is 33.1 Å². The van der Waals surface area contributed by atoms with Crippen LogP contribution in [0.5, 0.6) is 0 Å². The van der Waals surface area contributed by atoms with Crippen LogP contribution < -0.4 is 4.90 Å². The van der Waals surface area contributed by atoms with Gasteiger partial charge in [0.05, 0.1) is 19.3 Å². The highest BCUT2D eigenvalue weighted by atomic mass is 16.7. The van der Waals surface area contributed by atoms with Gasteiger partial charge in [0.25, 0.3) is 0 Å². The van der Waals surface area contributed by atoms with E-state index in [2.05, 4.69) is 18.7 Å². The molecule has 1 atom stereocenters. The lowest BCUT2D eigenvalue weighted by atomic mass is 9.92. The van der Waals surface area contributed by atoms with Crippen molar-refractivity contribution in [3.05, 3.63) is 30.3 Å². The van der Waals surface area contributed by atoms with E-state index in [1.54, 1.807) is 0 Å². The molecule has 3 fully saturated rings. The number of carbonyl (C=O) groups excluding carboxylic acids is 1. The lowest BCUT2D eigenvalue weighted by molar-refractivity contribution is -0.313. The van der Waals surface area contributed by atoms with Gasteiger partial charge in [-0.05, 0) is 18.6 Å². The molecule has 0 saturated carbocycles. The van der Waals surface area contributed by atoms with Crippen LogP contribution in [0.4, 0.5) is 5.69 Å². The van der Waals surface area contributed by atoms with E-state index in [1.165, 1.54) is 0 Å². The van der Waals surface area contributed by atoms with Gasteiger partial charge in [-0.25, -0.2) is 0 Å². The fraction of sp³-hybridized carbons (Fsp3) is 0.650. The molecule has 3 aliphatic heterocycles. The number of piperidine rings is 1. The van der Waals surface area contributed by atoms with E-state index in [4.69, 9.17) is 9.47 Å². The van der Waals surface area contributed by atoms with E-state index in [0.717, 1.165) is 57.8 Å². The molecule has 136 valence electrons. The lowest BCUT2D eigenvalue weighted by Gasteiger charge is -2.48. The predicted octanol–water partition coefficient (Wildman–Crippen LogP) is 2.66. The Hall–Kier alpha value is -1.43. The van der Waals surface area contributed by atoms with Crippen LogP contribution in [0, 0.1) is 5.41 Å². The fourth-order valence-electron chi connectivity index (χ4n) is 4.07. The van der Waals surface area contributed by atoms with Crippen LogP contribution in [0.2, 0.25) is 0 Å². The second-order valence-electron chi connectivity index (χ2n) is 8.32. The number of amides is 1. The molecule has 1 aromatic rings. The Balaban J connectivity index is 1.36. The Labute approximate surface area is 149 Å². The van der Waals surface area contributed by atoms with Crippen LogP contribution in [0.25, 0.3) is 0 Å². The second-order valence-corrected chi connectivity index (χ2v) is 8.32. The molecule has 0 N–H and O–H groups in total. The summed E-state index contributed by atoms with van der Waals surface area (Å²) in [7, 11) is 0. The van der Waals surface area contributed by atoms with Crippen molar-refractivity contribution in [2.75, 3.05) is 37.7 Å². The molecule has 1 spiro atoms. The van der Waals surface area contributed by atoms with Gasteiger partial charge in [-0.3, -0.25) is 9.69 Å². The minimum atomic E-state index is -0.424. The first-order valence-electron chi connectivity index (χ1n) is 9.37. The largest absolute Gasteiger partial charge is 0.349 e. The Morgan fingerprint density at radius 1 is 1.00 bits per heavy atom. The Morgan fingerprint density at radius 3 is 2.28 bits per heavy atom. The number of likely N-dealkylation sites (tertiary alicyclic amines) is 1. The normalized spacial score (nSPS) is 29.3. The van der Waals surface area contributed by atoms with Crippen molar-refractivity contribution in [3.63, 3.8) is 0 Å². The number of rotatable bonds is 2. The molecule has 1 aromatic carbocycles. The molecule has 5 heteroatoms.